The molecule has 156 valence electrons. The molecular formula is C21H24N6O3. The van der Waals surface area contributed by atoms with Crippen molar-refractivity contribution in [2.45, 2.75) is 6.42 Å². The normalized spacial score (nSPS) is 10.5. The fraction of sp³-hybridized carbons (Fsp3) is 0.286. The maximum absolute atomic E-state index is 9.83. The summed E-state index contributed by atoms with van der Waals surface area (Å²) < 4.78 is 15.8. The summed E-state index contributed by atoms with van der Waals surface area (Å²) in [4.78, 5) is 10.4. The minimum Gasteiger partial charge on any atom is -0.493 e. The Kier molecular flexibility index (Phi) is 5.97. The smallest absolute Gasteiger partial charge is 0.215 e. The van der Waals surface area contributed by atoms with Crippen molar-refractivity contribution in [2.75, 3.05) is 51.3 Å². The molecule has 0 saturated heterocycles. The molecule has 0 amide bonds. The molecule has 9 heteroatoms. The quantitative estimate of drug-likeness (QED) is 0.604. The number of fused-ring (bicyclic) bond motifs is 1. The number of hydrogen-bond acceptors (Lipinski definition) is 9. The number of nitrogens with zero attached hydrogens (tertiary/aromatic N) is 4. The monoisotopic (exact) mass is 408 g/mol. The molecule has 0 aliphatic carbocycles. The topological polar surface area (TPSA) is 133 Å². The molecule has 9 nitrogen and oxygen atoms in total. The molecule has 0 aliphatic heterocycles. The number of hydrogen-bond donors (Lipinski definition) is 2. The number of nitrogen functional groups attached to an aromatic ring is 2. The number of ether oxygens (including phenoxy) is 3. The molecular weight excluding hydrogens is 384 g/mol. The van der Waals surface area contributed by atoms with E-state index in [0.29, 0.717) is 52.5 Å². The second-order valence-corrected chi connectivity index (χ2v) is 6.64. The van der Waals surface area contributed by atoms with Gasteiger partial charge in [0.25, 0.3) is 0 Å². The minimum absolute atomic E-state index is 0.172. The zero-order valence-electron chi connectivity index (χ0n) is 17.4. The summed E-state index contributed by atoms with van der Waals surface area (Å²) in [5.41, 5.74) is 13.6. The lowest BCUT2D eigenvalue weighted by Gasteiger charge is -2.21. The molecule has 0 spiro atoms. The summed E-state index contributed by atoms with van der Waals surface area (Å²) in [7, 11) is 6.54. The molecule has 3 aromatic rings. The molecule has 0 aliphatic rings. The Bertz CT molecular complexity index is 1130. The Labute approximate surface area is 174 Å². The number of benzene rings is 1. The number of methoxy groups -OCH3 is 3. The maximum atomic E-state index is 9.83. The van der Waals surface area contributed by atoms with E-state index in [1.54, 1.807) is 20.3 Å². The molecule has 0 radical (unpaired) electrons. The van der Waals surface area contributed by atoms with E-state index in [4.69, 9.17) is 25.7 Å². The summed E-state index contributed by atoms with van der Waals surface area (Å²) in [5.74, 6) is 2.50. The van der Waals surface area contributed by atoms with Crippen LogP contribution in [0, 0.1) is 11.3 Å². The summed E-state index contributed by atoms with van der Waals surface area (Å²) in [6, 6.07) is 9.63. The lowest BCUT2D eigenvalue weighted by Crippen LogP contribution is -2.23. The van der Waals surface area contributed by atoms with Gasteiger partial charge in [0.1, 0.15) is 29.1 Å². The zero-order valence-corrected chi connectivity index (χ0v) is 17.4. The summed E-state index contributed by atoms with van der Waals surface area (Å²) in [5, 5.41) is 10.8. The van der Waals surface area contributed by atoms with E-state index in [9.17, 15) is 5.26 Å². The zero-order chi connectivity index (χ0) is 21.8. The predicted octanol–water partition coefficient (Wildman–Crippen LogP) is 2.37. The van der Waals surface area contributed by atoms with Crippen LogP contribution in [-0.4, -0.2) is 44.9 Å². The van der Waals surface area contributed by atoms with Crippen LogP contribution in [0.3, 0.4) is 0 Å². The van der Waals surface area contributed by atoms with Crippen LogP contribution in [0.4, 0.5) is 17.5 Å². The van der Waals surface area contributed by atoms with Crippen LogP contribution in [0.1, 0.15) is 11.1 Å². The Hall–Kier alpha value is -3.93. The Balaban J connectivity index is 1.95. The van der Waals surface area contributed by atoms with Crippen LogP contribution < -0.4 is 30.6 Å². The van der Waals surface area contributed by atoms with Gasteiger partial charge < -0.3 is 30.6 Å². The average molecular weight is 408 g/mol. The minimum atomic E-state index is 0.172. The predicted molar refractivity (Wildman–Crippen MR) is 116 cm³/mol. The SMILES string of the molecule is COc1cc2c(C#N)c(N(C)CCc3ccc(OC)c(OC)c3)nc(N)c2c(N)n1. The maximum Gasteiger partial charge on any atom is 0.215 e. The van der Waals surface area contributed by atoms with E-state index < -0.39 is 0 Å². The van der Waals surface area contributed by atoms with Crippen molar-refractivity contribution in [3.63, 3.8) is 0 Å². The Morgan fingerprint density at radius 3 is 2.33 bits per heavy atom. The molecule has 4 N–H and O–H groups in total. The van der Waals surface area contributed by atoms with E-state index >= 15 is 0 Å². The largest absolute Gasteiger partial charge is 0.493 e. The van der Waals surface area contributed by atoms with Gasteiger partial charge in [-0.25, -0.2) is 4.98 Å². The van der Waals surface area contributed by atoms with Crippen LogP contribution in [0.25, 0.3) is 10.8 Å². The summed E-state index contributed by atoms with van der Waals surface area (Å²) in [6.45, 7) is 0.597. The number of nitriles is 1. The van der Waals surface area contributed by atoms with Gasteiger partial charge in [0, 0.05) is 25.0 Å². The van der Waals surface area contributed by atoms with Gasteiger partial charge in [0.2, 0.25) is 5.88 Å². The fourth-order valence-corrected chi connectivity index (χ4v) is 3.28. The fourth-order valence-electron chi connectivity index (χ4n) is 3.28. The second-order valence-electron chi connectivity index (χ2n) is 6.64. The van der Waals surface area contributed by atoms with Gasteiger partial charge in [-0.05, 0) is 24.1 Å². The third-order valence-electron chi connectivity index (χ3n) is 4.87. The van der Waals surface area contributed by atoms with Gasteiger partial charge in [-0.1, -0.05) is 6.07 Å². The molecule has 1 aromatic carbocycles. The third-order valence-corrected chi connectivity index (χ3v) is 4.87. The number of pyridine rings is 2. The number of rotatable bonds is 7. The van der Waals surface area contributed by atoms with Crippen molar-refractivity contribution in [3.05, 3.63) is 35.4 Å². The van der Waals surface area contributed by atoms with Crippen molar-refractivity contribution >= 4 is 28.2 Å². The molecule has 0 fully saturated rings. The molecule has 0 unspecified atom stereocenters. The molecule has 30 heavy (non-hydrogen) atoms. The number of likely N-dealkylation sites (N-methyl/N-ethyl adjacent to an activating group) is 1. The molecule has 2 aromatic heterocycles. The first kappa shape index (κ1) is 20.8. The van der Waals surface area contributed by atoms with Crippen molar-refractivity contribution in [3.8, 4) is 23.4 Å². The first-order chi connectivity index (χ1) is 14.4. The van der Waals surface area contributed by atoms with Gasteiger partial charge in [-0.15, -0.1) is 0 Å². The van der Waals surface area contributed by atoms with Crippen LogP contribution >= 0.6 is 0 Å². The van der Waals surface area contributed by atoms with E-state index in [0.717, 1.165) is 5.56 Å². The van der Waals surface area contributed by atoms with E-state index in [2.05, 4.69) is 16.0 Å². The standard InChI is InChI=1S/C21H24N6O3/c1-27(8-7-12-5-6-15(28-2)16(9-12)29-3)21-14(11-22)13-10-17(30-4)25-19(23)18(13)20(24)26-21/h5-6,9-10H,7-8H2,1-4H3,(H2,23,25)(H2,24,26). The lowest BCUT2D eigenvalue weighted by atomic mass is 10.1. The van der Waals surface area contributed by atoms with Gasteiger partial charge in [0.15, 0.2) is 11.5 Å². The lowest BCUT2D eigenvalue weighted by molar-refractivity contribution is 0.354. The average Bonchev–Trinajstić information content (AvgIpc) is 2.76. The van der Waals surface area contributed by atoms with Crippen LogP contribution in [-0.2, 0) is 6.42 Å². The second kappa shape index (κ2) is 8.61. The highest BCUT2D eigenvalue weighted by atomic mass is 16.5. The highest BCUT2D eigenvalue weighted by Crippen LogP contribution is 2.35. The summed E-state index contributed by atoms with van der Waals surface area (Å²) in [6.07, 6.45) is 0.698. The summed E-state index contributed by atoms with van der Waals surface area (Å²) >= 11 is 0. The van der Waals surface area contributed by atoms with Crippen LogP contribution in [0.15, 0.2) is 24.3 Å². The number of aromatic nitrogens is 2. The molecule has 0 atom stereocenters. The third kappa shape index (κ3) is 3.80. The van der Waals surface area contributed by atoms with E-state index in [-0.39, 0.29) is 11.6 Å². The van der Waals surface area contributed by atoms with E-state index in [1.165, 1.54) is 7.11 Å². The molecule has 2 heterocycles. The number of nitrogens with two attached hydrogens (primary N) is 2. The Morgan fingerprint density at radius 2 is 1.70 bits per heavy atom. The van der Waals surface area contributed by atoms with Gasteiger partial charge >= 0.3 is 0 Å². The highest BCUT2D eigenvalue weighted by Gasteiger charge is 2.19. The van der Waals surface area contributed by atoms with Crippen molar-refractivity contribution in [2.24, 2.45) is 0 Å². The van der Waals surface area contributed by atoms with Crippen molar-refractivity contribution in [1.29, 1.82) is 5.26 Å². The highest BCUT2D eigenvalue weighted by molar-refractivity contribution is 6.04. The van der Waals surface area contributed by atoms with E-state index in [1.807, 2.05) is 30.1 Å². The molecule has 3 rings (SSSR count). The molecule has 0 saturated carbocycles. The van der Waals surface area contributed by atoms with Crippen LogP contribution in [0.2, 0.25) is 0 Å². The van der Waals surface area contributed by atoms with Gasteiger partial charge in [-0.2, -0.15) is 10.2 Å². The van der Waals surface area contributed by atoms with Crippen molar-refractivity contribution in [1.82, 2.24) is 9.97 Å². The molecule has 0 bridgehead atoms. The van der Waals surface area contributed by atoms with Crippen LogP contribution in [0.5, 0.6) is 17.4 Å². The van der Waals surface area contributed by atoms with Gasteiger partial charge in [-0.3, -0.25) is 0 Å². The van der Waals surface area contributed by atoms with Crippen molar-refractivity contribution < 1.29 is 14.2 Å². The first-order valence-corrected chi connectivity index (χ1v) is 9.19. The Morgan fingerprint density at radius 1 is 1.00 bits per heavy atom. The first-order valence-electron chi connectivity index (χ1n) is 9.19. The number of anilines is 3. The van der Waals surface area contributed by atoms with Gasteiger partial charge in [0.05, 0.1) is 26.7 Å².